The molecule has 2 aromatic carbocycles. The molecular weight excluding hydrogens is 450 g/mol. The van der Waals surface area contributed by atoms with Crippen LogP contribution in [0.3, 0.4) is 0 Å². The molecule has 0 bridgehead atoms. The lowest BCUT2D eigenvalue weighted by Gasteiger charge is -2.25. The van der Waals surface area contributed by atoms with Crippen LogP contribution >= 0.6 is 11.6 Å². The molecule has 1 saturated heterocycles. The number of hydrogen-bond acceptors (Lipinski definition) is 6. The summed E-state index contributed by atoms with van der Waals surface area (Å²) < 4.78 is 52.8. The van der Waals surface area contributed by atoms with Gasteiger partial charge in [-0.15, -0.1) is 0 Å². The lowest BCUT2D eigenvalue weighted by atomic mass is 10.1. The Morgan fingerprint density at radius 2 is 1.70 bits per heavy atom. The molecular formula is C19H22ClN3O5S2. The van der Waals surface area contributed by atoms with Gasteiger partial charge in [-0.25, -0.2) is 25.9 Å². The average molecular weight is 472 g/mol. The van der Waals surface area contributed by atoms with E-state index in [0.717, 1.165) is 9.87 Å². The largest absolute Gasteiger partial charge is 0.301 e. The molecule has 0 spiro atoms. The Morgan fingerprint density at radius 3 is 2.20 bits per heavy atom. The van der Waals surface area contributed by atoms with Crippen molar-refractivity contribution in [2.75, 3.05) is 30.7 Å². The summed E-state index contributed by atoms with van der Waals surface area (Å²) in [7, 11) is -3.86. The van der Waals surface area contributed by atoms with Crippen molar-refractivity contribution in [3.63, 3.8) is 0 Å². The van der Waals surface area contributed by atoms with E-state index in [9.17, 15) is 21.6 Å². The van der Waals surface area contributed by atoms with Crippen molar-refractivity contribution in [1.82, 2.24) is 9.62 Å². The number of halogens is 1. The summed E-state index contributed by atoms with van der Waals surface area (Å²) in [5, 5.41) is 0.593. The van der Waals surface area contributed by atoms with Crippen molar-refractivity contribution in [1.29, 1.82) is 0 Å². The number of nitrogens with one attached hydrogen (secondary N) is 1. The maximum Gasteiger partial charge on any atom is 0.242 e. The summed E-state index contributed by atoms with van der Waals surface area (Å²) in [5.74, 6) is -0.773. The first-order valence-electron chi connectivity index (χ1n) is 9.09. The van der Waals surface area contributed by atoms with Gasteiger partial charge in [-0.3, -0.25) is 4.79 Å². The van der Waals surface area contributed by atoms with Gasteiger partial charge in [0.05, 0.1) is 16.3 Å². The minimum atomic E-state index is -3.84. The smallest absolute Gasteiger partial charge is 0.242 e. The van der Waals surface area contributed by atoms with Crippen LogP contribution in [-0.2, 0) is 24.8 Å². The lowest BCUT2D eigenvalue weighted by molar-refractivity contribution is -0.116. The van der Waals surface area contributed by atoms with Crippen LogP contribution in [0.2, 0.25) is 5.02 Å². The van der Waals surface area contributed by atoms with Crippen molar-refractivity contribution in [2.45, 2.75) is 17.4 Å². The van der Waals surface area contributed by atoms with Gasteiger partial charge >= 0.3 is 0 Å². The van der Waals surface area contributed by atoms with Gasteiger partial charge in [0.1, 0.15) is 0 Å². The summed E-state index contributed by atoms with van der Waals surface area (Å²) in [6.07, 6.45) is -0.0828. The zero-order valence-corrected chi connectivity index (χ0v) is 18.8. The minimum absolute atomic E-state index is 0.0242. The number of benzene rings is 2. The number of sulfonamides is 2. The first-order chi connectivity index (χ1) is 14.0. The van der Waals surface area contributed by atoms with Crippen LogP contribution in [0.4, 0.5) is 5.69 Å². The number of rotatable bonds is 7. The molecule has 1 unspecified atom stereocenters. The lowest BCUT2D eigenvalue weighted by Crippen LogP contribution is -2.34. The van der Waals surface area contributed by atoms with Crippen LogP contribution in [0.15, 0.2) is 53.4 Å². The van der Waals surface area contributed by atoms with Crippen LogP contribution in [-0.4, -0.2) is 54.0 Å². The van der Waals surface area contributed by atoms with Crippen LogP contribution in [0, 0.1) is 0 Å². The molecule has 0 aliphatic carbocycles. The summed E-state index contributed by atoms with van der Waals surface area (Å²) in [6.45, 7) is 0.123. The van der Waals surface area contributed by atoms with Gasteiger partial charge in [-0.1, -0.05) is 23.7 Å². The summed E-state index contributed by atoms with van der Waals surface area (Å²) >= 11 is 5.92. The molecule has 2 aromatic rings. The Balaban J connectivity index is 1.76. The normalized spacial score (nSPS) is 17.5. The molecule has 30 heavy (non-hydrogen) atoms. The zero-order chi connectivity index (χ0) is 22.1. The van der Waals surface area contributed by atoms with E-state index in [0.29, 0.717) is 5.02 Å². The molecule has 0 radical (unpaired) electrons. The molecule has 0 saturated carbocycles. The van der Waals surface area contributed by atoms with Crippen LogP contribution < -0.4 is 9.03 Å². The van der Waals surface area contributed by atoms with Crippen LogP contribution in [0.25, 0.3) is 0 Å². The molecule has 1 heterocycles. The second kappa shape index (κ2) is 8.64. The Morgan fingerprint density at radius 1 is 1.10 bits per heavy atom. The quantitative estimate of drug-likeness (QED) is 0.662. The molecule has 1 aliphatic rings. The molecule has 3 rings (SSSR count). The fraction of sp³-hybridized carbons (Fsp3) is 0.316. The van der Waals surface area contributed by atoms with E-state index < -0.39 is 26.0 Å². The maximum absolute atomic E-state index is 12.7. The van der Waals surface area contributed by atoms with Gasteiger partial charge in [0.25, 0.3) is 0 Å². The van der Waals surface area contributed by atoms with Gasteiger partial charge in [0.2, 0.25) is 26.0 Å². The highest BCUT2D eigenvalue weighted by Crippen LogP contribution is 2.26. The van der Waals surface area contributed by atoms with E-state index in [2.05, 4.69) is 4.72 Å². The predicted molar refractivity (Wildman–Crippen MR) is 115 cm³/mol. The molecule has 1 aliphatic heterocycles. The van der Waals surface area contributed by atoms with Crippen molar-refractivity contribution in [3.8, 4) is 0 Å². The highest BCUT2D eigenvalue weighted by Gasteiger charge is 2.36. The third-order valence-electron chi connectivity index (χ3n) is 4.80. The molecule has 11 heteroatoms. The number of anilines is 1. The van der Waals surface area contributed by atoms with Crippen LogP contribution in [0.1, 0.15) is 18.0 Å². The average Bonchev–Trinajstić information content (AvgIpc) is 2.95. The van der Waals surface area contributed by atoms with Crippen molar-refractivity contribution in [3.05, 3.63) is 59.1 Å². The Kier molecular flexibility index (Phi) is 6.54. The first kappa shape index (κ1) is 22.7. The first-order valence-corrected chi connectivity index (χ1v) is 12.6. The fourth-order valence-corrected chi connectivity index (χ4v) is 5.81. The van der Waals surface area contributed by atoms with E-state index in [-0.39, 0.29) is 35.3 Å². The van der Waals surface area contributed by atoms with E-state index in [4.69, 9.17) is 11.6 Å². The van der Waals surface area contributed by atoms with Crippen molar-refractivity contribution < 1.29 is 21.6 Å². The van der Waals surface area contributed by atoms with E-state index in [1.54, 1.807) is 12.1 Å². The Hall–Kier alpha value is -1.98. The number of hydrogen-bond donors (Lipinski definition) is 1. The molecule has 1 amide bonds. The topological polar surface area (TPSA) is 104 Å². The second-order valence-electron chi connectivity index (χ2n) is 7.10. The summed E-state index contributed by atoms with van der Waals surface area (Å²) in [6, 6.07) is 12.1. The molecule has 1 N–H and O–H groups in total. The third-order valence-corrected chi connectivity index (χ3v) is 8.19. The summed E-state index contributed by atoms with van der Waals surface area (Å²) in [5.41, 5.74) is 1.03. The predicted octanol–water partition coefficient (Wildman–Crippen LogP) is 1.99. The highest BCUT2D eigenvalue weighted by molar-refractivity contribution is 7.94. The fourth-order valence-electron chi connectivity index (χ4n) is 3.18. The monoisotopic (exact) mass is 471 g/mol. The SMILES string of the molecule is CN(C)C(CNS(=O)(=O)c1ccc(N2C(=O)CCS2(=O)=O)cc1)c1ccc(Cl)cc1. The third kappa shape index (κ3) is 4.84. The number of carbonyl (C=O) groups is 1. The van der Waals surface area contributed by atoms with E-state index in [1.165, 1.54) is 24.3 Å². The van der Waals surface area contributed by atoms with E-state index in [1.807, 2.05) is 31.1 Å². The van der Waals surface area contributed by atoms with Crippen molar-refractivity contribution >= 4 is 43.2 Å². The zero-order valence-electron chi connectivity index (χ0n) is 16.4. The number of carbonyl (C=O) groups excluding carboxylic acids is 1. The minimum Gasteiger partial charge on any atom is -0.301 e. The Labute approximate surface area is 181 Å². The van der Waals surface area contributed by atoms with Gasteiger partial charge in [0, 0.05) is 24.0 Å². The summed E-state index contributed by atoms with van der Waals surface area (Å²) in [4.78, 5) is 13.7. The van der Waals surface area contributed by atoms with Crippen molar-refractivity contribution in [2.24, 2.45) is 0 Å². The highest BCUT2D eigenvalue weighted by atomic mass is 35.5. The second-order valence-corrected chi connectivity index (χ2v) is 11.2. The molecule has 1 fully saturated rings. The van der Waals surface area contributed by atoms with Gasteiger partial charge in [0.15, 0.2) is 0 Å². The Bertz CT molecular complexity index is 1130. The van der Waals surface area contributed by atoms with Crippen LogP contribution in [0.5, 0.6) is 0 Å². The number of amides is 1. The van der Waals surface area contributed by atoms with Gasteiger partial charge < -0.3 is 4.90 Å². The number of likely N-dealkylation sites (N-methyl/N-ethyl adjacent to an activating group) is 1. The standard InChI is InChI=1S/C19H22ClN3O5S2/c1-22(2)18(14-3-5-15(20)6-4-14)13-21-30(27,28)17-9-7-16(8-10-17)23-19(24)11-12-29(23,25)26/h3-10,18,21H,11-13H2,1-2H3. The molecule has 8 nitrogen and oxygen atoms in total. The molecule has 0 aromatic heterocycles. The van der Waals surface area contributed by atoms with E-state index >= 15 is 0 Å². The van der Waals surface area contributed by atoms with Gasteiger partial charge in [-0.05, 0) is 56.1 Å². The van der Waals surface area contributed by atoms with Gasteiger partial charge in [-0.2, -0.15) is 0 Å². The maximum atomic E-state index is 12.7. The number of nitrogens with zero attached hydrogens (tertiary/aromatic N) is 2. The molecule has 1 atom stereocenters. The molecule has 162 valence electrons.